The molecule has 1 aromatic heterocycles. The average Bonchev–Trinajstić information content (AvgIpc) is 2.31. The lowest BCUT2D eigenvalue weighted by molar-refractivity contribution is 0.266. The lowest BCUT2D eigenvalue weighted by Crippen LogP contribution is -2.48. The zero-order valence-electron chi connectivity index (χ0n) is 12.1. The van der Waals surface area contributed by atoms with Crippen LogP contribution in [-0.2, 0) is 16.6 Å². The highest BCUT2D eigenvalue weighted by Gasteiger charge is 2.22. The molecule has 0 bridgehead atoms. The first-order valence-electron chi connectivity index (χ1n) is 6.15. The van der Waals surface area contributed by atoms with Gasteiger partial charge in [0.05, 0.1) is 31.3 Å². The second-order valence-corrected chi connectivity index (χ2v) is 7.78. The summed E-state index contributed by atoms with van der Waals surface area (Å²) in [5, 5.41) is 15.7. The maximum atomic E-state index is 11.9. The van der Waals surface area contributed by atoms with E-state index in [4.69, 9.17) is 5.11 Å². The maximum Gasteiger partial charge on any atom is 0.283 e. The summed E-state index contributed by atoms with van der Waals surface area (Å²) in [5.74, 6) is 0. The summed E-state index contributed by atoms with van der Waals surface area (Å²) in [4.78, 5) is 11.9. The minimum atomic E-state index is -3.33. The van der Waals surface area contributed by atoms with Gasteiger partial charge in [0, 0.05) is 12.1 Å². The molecule has 0 fully saturated rings. The van der Waals surface area contributed by atoms with Crippen LogP contribution in [0.5, 0.6) is 0 Å². The molecule has 0 spiro atoms. The molecule has 0 saturated heterocycles. The number of aliphatic hydroxyl groups excluding tert-OH is 1. The Morgan fingerprint density at radius 1 is 1.48 bits per heavy atom. The van der Waals surface area contributed by atoms with Crippen LogP contribution in [0.3, 0.4) is 0 Å². The Bertz CT molecular complexity index is 657. The Hall–Kier alpha value is -0.970. The molecule has 21 heavy (non-hydrogen) atoms. The van der Waals surface area contributed by atoms with E-state index in [0.717, 1.165) is 10.9 Å². The number of rotatable bonds is 7. The second-order valence-electron chi connectivity index (χ2n) is 5.24. The number of halogens is 1. The minimum Gasteiger partial charge on any atom is -0.394 e. The first-order valence-corrected chi connectivity index (χ1v) is 8.83. The summed E-state index contributed by atoms with van der Waals surface area (Å²) in [6.45, 7) is 3.63. The van der Waals surface area contributed by atoms with Gasteiger partial charge < -0.3 is 10.4 Å². The molecule has 8 nitrogen and oxygen atoms in total. The highest BCUT2D eigenvalue weighted by molar-refractivity contribution is 9.10. The van der Waals surface area contributed by atoms with Crippen molar-refractivity contribution in [3.05, 3.63) is 21.0 Å². The Morgan fingerprint density at radius 3 is 2.62 bits per heavy atom. The SMILES string of the molecule is CC(C)(CNc1cnn(CCO)c(=O)c1Br)NS(C)(=O)=O. The third-order valence-electron chi connectivity index (χ3n) is 2.48. The van der Waals surface area contributed by atoms with Gasteiger partial charge in [-0.2, -0.15) is 5.10 Å². The Morgan fingerprint density at radius 2 is 2.10 bits per heavy atom. The van der Waals surface area contributed by atoms with Crippen molar-refractivity contribution >= 4 is 31.6 Å². The molecule has 0 aliphatic rings. The van der Waals surface area contributed by atoms with E-state index in [0.29, 0.717) is 5.69 Å². The van der Waals surface area contributed by atoms with Crippen LogP contribution in [0, 0.1) is 0 Å². The highest BCUT2D eigenvalue weighted by Crippen LogP contribution is 2.17. The molecule has 3 N–H and O–H groups in total. The van der Waals surface area contributed by atoms with Crippen molar-refractivity contribution in [3.63, 3.8) is 0 Å². The van der Waals surface area contributed by atoms with E-state index in [1.54, 1.807) is 13.8 Å². The maximum absolute atomic E-state index is 11.9. The molecule has 0 atom stereocenters. The third kappa shape index (κ3) is 5.73. The van der Waals surface area contributed by atoms with E-state index in [9.17, 15) is 13.2 Å². The number of aromatic nitrogens is 2. The molecule has 120 valence electrons. The van der Waals surface area contributed by atoms with Gasteiger partial charge in [0.2, 0.25) is 10.0 Å². The molecule has 1 aromatic rings. The van der Waals surface area contributed by atoms with Gasteiger partial charge in [-0.3, -0.25) is 4.79 Å². The number of hydrogen-bond donors (Lipinski definition) is 3. The van der Waals surface area contributed by atoms with Gasteiger partial charge in [0.15, 0.2) is 0 Å². The van der Waals surface area contributed by atoms with Crippen molar-refractivity contribution in [2.24, 2.45) is 0 Å². The van der Waals surface area contributed by atoms with Crippen molar-refractivity contribution in [2.75, 3.05) is 24.7 Å². The lowest BCUT2D eigenvalue weighted by Gasteiger charge is -2.26. The van der Waals surface area contributed by atoms with Crippen molar-refractivity contribution in [1.29, 1.82) is 0 Å². The molecule has 1 rings (SSSR count). The summed E-state index contributed by atoms with van der Waals surface area (Å²) >= 11 is 3.17. The van der Waals surface area contributed by atoms with E-state index in [1.807, 2.05) is 0 Å². The van der Waals surface area contributed by atoms with Crippen LogP contribution >= 0.6 is 15.9 Å². The van der Waals surface area contributed by atoms with E-state index in [1.165, 1.54) is 6.20 Å². The molecular weight excluding hydrogens is 364 g/mol. The monoisotopic (exact) mass is 382 g/mol. The van der Waals surface area contributed by atoms with Gasteiger partial charge in [-0.15, -0.1) is 0 Å². The lowest BCUT2D eigenvalue weighted by atomic mass is 10.1. The number of nitrogens with zero attached hydrogens (tertiary/aromatic N) is 2. The molecule has 0 aromatic carbocycles. The Labute approximate surface area is 131 Å². The molecule has 0 aliphatic carbocycles. The molecule has 0 aliphatic heterocycles. The zero-order valence-corrected chi connectivity index (χ0v) is 14.5. The highest BCUT2D eigenvalue weighted by atomic mass is 79.9. The van der Waals surface area contributed by atoms with E-state index >= 15 is 0 Å². The average molecular weight is 383 g/mol. The molecular formula is C11H19BrN4O4S. The smallest absolute Gasteiger partial charge is 0.283 e. The number of aliphatic hydroxyl groups is 1. The number of hydrogen-bond acceptors (Lipinski definition) is 6. The largest absolute Gasteiger partial charge is 0.394 e. The van der Waals surface area contributed by atoms with Gasteiger partial charge in [-0.05, 0) is 29.8 Å². The molecule has 0 saturated carbocycles. The van der Waals surface area contributed by atoms with Gasteiger partial charge in [-0.1, -0.05) is 0 Å². The fourth-order valence-electron chi connectivity index (χ4n) is 1.70. The molecule has 0 unspecified atom stereocenters. The Balaban J connectivity index is 2.85. The van der Waals surface area contributed by atoms with E-state index < -0.39 is 15.6 Å². The molecule has 10 heteroatoms. The second kappa shape index (κ2) is 6.86. The molecule has 0 amide bonds. The van der Waals surface area contributed by atoms with Crippen LogP contribution in [-0.4, -0.2) is 48.3 Å². The molecule has 1 heterocycles. The summed E-state index contributed by atoms with van der Waals surface area (Å²) in [6.07, 6.45) is 2.53. The topological polar surface area (TPSA) is 113 Å². The van der Waals surface area contributed by atoms with Crippen molar-refractivity contribution in [3.8, 4) is 0 Å². The number of nitrogens with one attached hydrogen (secondary N) is 2. The van der Waals surface area contributed by atoms with Gasteiger partial charge in [0.25, 0.3) is 5.56 Å². The summed E-state index contributed by atoms with van der Waals surface area (Å²) < 4.78 is 26.4. The third-order valence-corrected chi connectivity index (χ3v) is 4.17. The Kier molecular flexibility index (Phi) is 5.91. The van der Waals surface area contributed by atoms with Gasteiger partial charge in [0.1, 0.15) is 4.47 Å². The summed E-state index contributed by atoms with van der Waals surface area (Å²) in [7, 11) is -3.33. The van der Waals surface area contributed by atoms with Crippen molar-refractivity contribution < 1.29 is 13.5 Å². The van der Waals surface area contributed by atoms with Crippen molar-refractivity contribution in [2.45, 2.75) is 25.9 Å². The fraction of sp³-hybridized carbons (Fsp3) is 0.636. The van der Waals surface area contributed by atoms with Gasteiger partial charge >= 0.3 is 0 Å². The molecule has 0 radical (unpaired) electrons. The summed E-state index contributed by atoms with van der Waals surface area (Å²) in [5.41, 5.74) is -0.645. The van der Waals surface area contributed by atoms with Gasteiger partial charge in [-0.25, -0.2) is 17.8 Å². The first-order chi connectivity index (χ1) is 9.56. The predicted molar refractivity (Wildman–Crippen MR) is 83.8 cm³/mol. The normalized spacial score (nSPS) is 12.4. The predicted octanol–water partition coefficient (Wildman–Crippen LogP) is -0.262. The van der Waals surface area contributed by atoms with E-state index in [-0.39, 0.29) is 29.7 Å². The van der Waals surface area contributed by atoms with Crippen molar-refractivity contribution in [1.82, 2.24) is 14.5 Å². The van der Waals surface area contributed by atoms with Crippen LogP contribution in [0.1, 0.15) is 13.8 Å². The van der Waals surface area contributed by atoms with Crippen LogP contribution < -0.4 is 15.6 Å². The van der Waals surface area contributed by atoms with Crippen LogP contribution in [0.15, 0.2) is 15.5 Å². The zero-order chi connectivity index (χ0) is 16.3. The number of anilines is 1. The summed E-state index contributed by atoms with van der Waals surface area (Å²) in [6, 6.07) is 0. The standard InChI is InChI=1S/C11H19BrN4O4S/c1-11(2,15-21(3,19)20)7-13-8-6-14-16(4-5-17)10(18)9(8)12/h6,13,15,17H,4-5,7H2,1-3H3. The fourth-order valence-corrected chi connectivity index (χ4v) is 3.22. The number of sulfonamides is 1. The van der Waals surface area contributed by atoms with Crippen LogP contribution in [0.2, 0.25) is 0 Å². The van der Waals surface area contributed by atoms with Crippen LogP contribution in [0.4, 0.5) is 5.69 Å². The van der Waals surface area contributed by atoms with Crippen LogP contribution in [0.25, 0.3) is 0 Å². The van der Waals surface area contributed by atoms with E-state index in [2.05, 4.69) is 31.1 Å². The first kappa shape index (κ1) is 18.1. The quantitative estimate of drug-likeness (QED) is 0.598. The minimum absolute atomic E-state index is 0.110.